The van der Waals surface area contributed by atoms with Crippen molar-refractivity contribution in [2.24, 2.45) is 22.7 Å². The minimum absolute atomic E-state index is 0.214. The van der Waals surface area contributed by atoms with E-state index < -0.39 is 14.4 Å². The normalized spacial score (nSPS) is 29.0. The van der Waals surface area contributed by atoms with E-state index in [9.17, 15) is 0 Å². The Kier molecular flexibility index (Phi) is 4.11. The predicted octanol–water partition coefficient (Wildman–Crippen LogP) is 7.50. The van der Waals surface area contributed by atoms with Gasteiger partial charge in [0.15, 0.2) is 0 Å². The summed E-state index contributed by atoms with van der Waals surface area (Å²) in [6.07, 6.45) is 10.3. The zero-order valence-corrected chi connectivity index (χ0v) is 23.5. The fourth-order valence-corrected chi connectivity index (χ4v) is 28.0. The van der Waals surface area contributed by atoms with Crippen LogP contribution in [-0.4, -0.2) is 6.88 Å². The minimum atomic E-state index is -4.29. The molecular formula is C24H44SiZr. The SMILES string of the molecule is CC1C=C(C(C)(C)C)C=[C]1[Zr]([CH3])([CH3])([CH3])([CH3])(=[SiH2])[C]1=CC(C(C)(C)C)=CC1C. The summed E-state index contributed by atoms with van der Waals surface area (Å²) < 4.78 is 14.2. The Bertz CT molecular complexity index is 828. The summed E-state index contributed by atoms with van der Waals surface area (Å²) in [5.74, 6) is 1.06. The second kappa shape index (κ2) is 4.79. The topological polar surface area (TPSA) is 0 Å². The first kappa shape index (κ1) is 22.4. The molecule has 2 aliphatic carbocycles. The van der Waals surface area contributed by atoms with Gasteiger partial charge < -0.3 is 0 Å². The number of hydrogen-bond donors (Lipinski definition) is 0. The Labute approximate surface area is 159 Å². The fourth-order valence-electron chi connectivity index (χ4n) is 5.63. The summed E-state index contributed by atoms with van der Waals surface area (Å²) in [5.41, 5.74) is 3.46. The summed E-state index contributed by atoms with van der Waals surface area (Å²) in [4.78, 5) is 0. The van der Waals surface area contributed by atoms with Crippen molar-refractivity contribution < 1.29 is 14.4 Å². The molecule has 0 heterocycles. The Morgan fingerprint density at radius 3 is 1.15 bits per heavy atom. The van der Waals surface area contributed by atoms with Crippen LogP contribution < -0.4 is 0 Å². The van der Waals surface area contributed by atoms with E-state index in [1.54, 1.807) is 6.56 Å². The molecule has 2 aliphatic rings. The molecule has 2 unspecified atom stereocenters. The van der Waals surface area contributed by atoms with Gasteiger partial charge >= 0.3 is 160 Å². The van der Waals surface area contributed by atoms with Crippen molar-refractivity contribution in [1.29, 1.82) is 0 Å². The van der Waals surface area contributed by atoms with Gasteiger partial charge in [0.25, 0.3) is 0 Å². The van der Waals surface area contributed by atoms with E-state index in [1.165, 1.54) is 11.1 Å². The Morgan fingerprint density at radius 2 is 0.962 bits per heavy atom. The molecule has 0 saturated carbocycles. The molecule has 148 valence electrons. The molecule has 0 fully saturated rings. The van der Waals surface area contributed by atoms with E-state index in [1.807, 2.05) is 0 Å². The standard InChI is InChI=1S/2C10H15.4CH3.H2Si.Zr/c2*1-8-5-6-9(7-8)10(2,3)4;;;;;;/h2*6-8H,1-4H3;4*1H3;1H2;. The van der Waals surface area contributed by atoms with Crippen molar-refractivity contribution in [3.05, 3.63) is 42.0 Å². The van der Waals surface area contributed by atoms with Crippen molar-refractivity contribution in [3.8, 4) is 0 Å². The summed E-state index contributed by atoms with van der Waals surface area (Å²) in [5, 5.41) is 0. The number of rotatable bonds is 2. The zero-order valence-electron chi connectivity index (χ0n) is 19.7. The number of hydrogen-bond acceptors (Lipinski definition) is 0. The van der Waals surface area contributed by atoms with Crippen LogP contribution >= 0.6 is 0 Å². The maximum absolute atomic E-state index is 4.29. The molecule has 0 aromatic heterocycles. The van der Waals surface area contributed by atoms with Crippen LogP contribution in [0.5, 0.6) is 0 Å². The quantitative estimate of drug-likeness (QED) is 0.381. The molecule has 26 heavy (non-hydrogen) atoms. The van der Waals surface area contributed by atoms with E-state index in [0.29, 0.717) is 11.8 Å². The van der Waals surface area contributed by atoms with Crippen molar-refractivity contribution in [2.45, 2.75) is 73.9 Å². The summed E-state index contributed by atoms with van der Waals surface area (Å²) >= 11 is -4.29. The molecule has 0 saturated heterocycles. The average Bonchev–Trinajstić information content (AvgIpc) is 2.90. The first-order valence-corrected chi connectivity index (χ1v) is 28.7. The first-order valence-electron chi connectivity index (χ1n) is 10.5. The van der Waals surface area contributed by atoms with Gasteiger partial charge in [-0.25, -0.2) is 0 Å². The Balaban J connectivity index is 2.79. The molecule has 0 aliphatic heterocycles. The third-order valence-electron chi connectivity index (χ3n) is 7.20. The van der Waals surface area contributed by atoms with Gasteiger partial charge in [-0.2, -0.15) is 0 Å². The molecule has 2 atom stereocenters. The van der Waals surface area contributed by atoms with E-state index in [2.05, 4.69) is 105 Å². The summed E-state index contributed by atoms with van der Waals surface area (Å²) in [6.45, 7) is 21.3. The van der Waals surface area contributed by atoms with Crippen LogP contribution in [0.2, 0.25) is 18.5 Å². The summed E-state index contributed by atoms with van der Waals surface area (Å²) in [7, 11) is 0. The van der Waals surface area contributed by atoms with E-state index >= 15 is 0 Å². The number of allylic oxidation sites excluding steroid dienone is 8. The molecular weight excluding hydrogens is 408 g/mol. The molecule has 0 nitrogen and oxygen atoms in total. The van der Waals surface area contributed by atoms with Crippen LogP contribution in [0.1, 0.15) is 55.4 Å². The van der Waals surface area contributed by atoms with Crippen molar-refractivity contribution in [3.63, 3.8) is 0 Å². The molecule has 0 aromatic carbocycles. The van der Waals surface area contributed by atoms with E-state index in [0.717, 1.165) is 0 Å². The summed E-state index contributed by atoms with van der Waals surface area (Å²) in [6, 6.07) is 0. The monoisotopic (exact) mass is 450 g/mol. The van der Waals surface area contributed by atoms with Crippen LogP contribution in [0, 0.1) is 22.7 Å². The van der Waals surface area contributed by atoms with Crippen LogP contribution in [-0.2, 0) is 14.4 Å². The van der Waals surface area contributed by atoms with E-state index in [4.69, 9.17) is 0 Å². The van der Waals surface area contributed by atoms with Gasteiger partial charge in [-0.1, -0.05) is 0 Å². The van der Waals surface area contributed by atoms with Gasteiger partial charge in [0.1, 0.15) is 0 Å². The fraction of sp³-hybridized carbons (Fsp3) is 0.667. The van der Waals surface area contributed by atoms with Crippen LogP contribution in [0.15, 0.2) is 42.0 Å². The third kappa shape index (κ3) is 3.55. The second-order valence-corrected chi connectivity index (χ2v) is 73.1. The van der Waals surface area contributed by atoms with E-state index in [-0.39, 0.29) is 10.8 Å². The molecule has 0 bridgehead atoms. The van der Waals surface area contributed by atoms with Crippen LogP contribution in [0.4, 0.5) is 0 Å². The Hall–Kier alpha value is 0.0600. The molecule has 2 rings (SSSR count). The molecule has 2 heteroatoms. The maximum atomic E-state index is 2.68. The van der Waals surface area contributed by atoms with Gasteiger partial charge in [-0.05, 0) is 0 Å². The predicted molar refractivity (Wildman–Crippen MR) is 122 cm³/mol. The van der Waals surface area contributed by atoms with Crippen molar-refractivity contribution in [2.75, 3.05) is 0 Å². The van der Waals surface area contributed by atoms with Crippen LogP contribution in [0.25, 0.3) is 0 Å². The molecule has 0 spiro atoms. The van der Waals surface area contributed by atoms with Crippen LogP contribution in [0.3, 0.4) is 0 Å². The third-order valence-corrected chi connectivity index (χ3v) is 29.8. The second-order valence-electron chi connectivity index (χ2n) is 15.4. The van der Waals surface area contributed by atoms with Gasteiger partial charge in [0.05, 0.1) is 0 Å². The molecule has 0 aromatic rings. The van der Waals surface area contributed by atoms with Gasteiger partial charge in [-0.3, -0.25) is 0 Å². The van der Waals surface area contributed by atoms with Crippen molar-refractivity contribution >= 4 is 6.88 Å². The molecule has 0 amide bonds. The average molecular weight is 452 g/mol. The van der Waals surface area contributed by atoms with Gasteiger partial charge in [0, 0.05) is 0 Å². The van der Waals surface area contributed by atoms with Gasteiger partial charge in [-0.15, -0.1) is 0 Å². The van der Waals surface area contributed by atoms with Crippen molar-refractivity contribution in [1.82, 2.24) is 0 Å². The zero-order chi connectivity index (χ0) is 20.7. The Morgan fingerprint density at radius 1 is 0.692 bits per heavy atom. The molecule has 0 radical (unpaired) electrons. The van der Waals surface area contributed by atoms with Gasteiger partial charge in [0.2, 0.25) is 0 Å². The molecule has 0 N–H and O–H groups in total. The first-order chi connectivity index (χ1) is 11.0.